The topological polar surface area (TPSA) is 91.7 Å². The number of aryl methyl sites for hydroxylation is 2. The third-order valence-corrected chi connectivity index (χ3v) is 3.33. The maximum Gasteiger partial charge on any atom is 0.322 e. The zero-order valence-corrected chi connectivity index (χ0v) is 15.9. The van der Waals surface area contributed by atoms with Crippen LogP contribution >= 0.6 is 0 Å². The Balaban J connectivity index is 2.46. The third kappa shape index (κ3) is 8.30. The molecular formula is C18H29N4O3+. The number of quaternary nitrogens is 1. The number of urea groups is 1. The summed E-state index contributed by atoms with van der Waals surface area (Å²) in [4.78, 5) is 36.3. The van der Waals surface area contributed by atoms with Crippen LogP contribution in [-0.4, -0.2) is 43.5 Å². The van der Waals surface area contributed by atoms with Gasteiger partial charge in [0.1, 0.15) is 0 Å². The van der Waals surface area contributed by atoms with Gasteiger partial charge in [-0.05, 0) is 51.8 Å². The Morgan fingerprint density at radius 2 is 1.64 bits per heavy atom. The molecule has 0 saturated carbocycles. The van der Waals surface area contributed by atoms with E-state index < -0.39 is 17.5 Å². The fourth-order valence-electron chi connectivity index (χ4n) is 2.22. The van der Waals surface area contributed by atoms with Crippen molar-refractivity contribution in [2.45, 2.75) is 40.2 Å². The highest BCUT2D eigenvalue weighted by Gasteiger charge is 2.19. The zero-order chi connectivity index (χ0) is 19.2. The summed E-state index contributed by atoms with van der Waals surface area (Å²) in [6.07, 6.45) is 0. The van der Waals surface area contributed by atoms with Gasteiger partial charge in [-0.15, -0.1) is 0 Å². The van der Waals surface area contributed by atoms with Gasteiger partial charge in [-0.25, -0.2) is 4.79 Å². The first-order valence-electron chi connectivity index (χ1n) is 8.26. The van der Waals surface area contributed by atoms with Crippen molar-refractivity contribution >= 4 is 23.5 Å². The van der Waals surface area contributed by atoms with Crippen LogP contribution < -0.4 is 20.9 Å². The van der Waals surface area contributed by atoms with Crippen molar-refractivity contribution in [3.05, 3.63) is 29.3 Å². The molecule has 7 heteroatoms. The lowest BCUT2D eigenvalue weighted by Gasteiger charge is -2.20. The molecule has 1 aromatic carbocycles. The first-order valence-corrected chi connectivity index (χ1v) is 8.26. The summed E-state index contributed by atoms with van der Waals surface area (Å²) in [5, 5.41) is 7.77. The van der Waals surface area contributed by atoms with E-state index in [1.165, 1.54) is 0 Å². The summed E-state index contributed by atoms with van der Waals surface area (Å²) in [5.74, 6) is -0.614. The third-order valence-electron chi connectivity index (χ3n) is 3.33. The number of likely N-dealkylation sites (N-methyl/N-ethyl adjacent to an activating group) is 1. The summed E-state index contributed by atoms with van der Waals surface area (Å²) in [6, 6.07) is 5.30. The second-order valence-electron chi connectivity index (χ2n) is 7.43. The van der Waals surface area contributed by atoms with Gasteiger partial charge in [-0.3, -0.25) is 14.9 Å². The number of nitrogens with one attached hydrogen (secondary N) is 4. The molecule has 0 spiro atoms. The van der Waals surface area contributed by atoms with Crippen LogP contribution in [-0.2, 0) is 9.59 Å². The quantitative estimate of drug-likeness (QED) is 0.619. The standard InChI is InChI=1S/C18H28N4O3/c1-12-7-8-13(2)14(9-12)19-15(23)10-22(6)11-16(24)20-17(25)21-18(3,4)5/h7-9H,10-11H2,1-6H3,(H,19,23)(H2,20,21,24,25)/p+1. The highest BCUT2D eigenvalue weighted by molar-refractivity contribution is 5.95. The molecule has 4 N–H and O–H groups in total. The van der Waals surface area contributed by atoms with Crippen LogP contribution in [0.1, 0.15) is 31.9 Å². The molecule has 1 rings (SSSR count). The number of imide groups is 1. The van der Waals surface area contributed by atoms with Crippen LogP contribution in [0, 0.1) is 13.8 Å². The van der Waals surface area contributed by atoms with E-state index in [9.17, 15) is 14.4 Å². The lowest BCUT2D eigenvalue weighted by molar-refractivity contribution is -0.862. The molecule has 0 aliphatic carbocycles. The van der Waals surface area contributed by atoms with Gasteiger partial charge < -0.3 is 15.5 Å². The van der Waals surface area contributed by atoms with E-state index in [0.29, 0.717) is 4.90 Å². The molecule has 7 nitrogen and oxygen atoms in total. The fourth-order valence-corrected chi connectivity index (χ4v) is 2.22. The Bertz CT molecular complexity index is 650. The van der Waals surface area contributed by atoms with Crippen LogP contribution in [0.3, 0.4) is 0 Å². The first-order chi connectivity index (χ1) is 11.5. The van der Waals surface area contributed by atoms with Gasteiger partial charge in [-0.1, -0.05) is 12.1 Å². The van der Waals surface area contributed by atoms with Crippen LogP contribution in [0.4, 0.5) is 10.5 Å². The molecule has 25 heavy (non-hydrogen) atoms. The number of amides is 4. The monoisotopic (exact) mass is 349 g/mol. The average Bonchev–Trinajstić information content (AvgIpc) is 2.39. The van der Waals surface area contributed by atoms with E-state index in [-0.39, 0.29) is 19.0 Å². The predicted molar refractivity (Wildman–Crippen MR) is 97.6 cm³/mol. The van der Waals surface area contributed by atoms with E-state index in [0.717, 1.165) is 16.8 Å². The molecule has 0 fully saturated rings. The molecule has 4 amide bonds. The molecule has 0 aliphatic rings. The maximum atomic E-state index is 12.1. The van der Waals surface area contributed by atoms with E-state index in [4.69, 9.17) is 0 Å². The summed E-state index contributed by atoms with van der Waals surface area (Å²) in [5.41, 5.74) is 2.39. The normalized spacial score (nSPS) is 12.2. The number of anilines is 1. The minimum Gasteiger partial charge on any atom is -0.333 e. The molecule has 0 aromatic heterocycles. The molecule has 1 aromatic rings. The molecule has 0 aliphatic heterocycles. The first kappa shape index (κ1) is 20.6. The average molecular weight is 349 g/mol. The van der Waals surface area contributed by atoms with Crippen LogP contribution in [0.2, 0.25) is 0 Å². The Kier molecular flexibility index (Phi) is 7.11. The largest absolute Gasteiger partial charge is 0.333 e. The lowest BCUT2D eigenvalue weighted by atomic mass is 10.1. The summed E-state index contributed by atoms with van der Waals surface area (Å²) >= 11 is 0. The van der Waals surface area contributed by atoms with Gasteiger partial charge >= 0.3 is 6.03 Å². The molecular weight excluding hydrogens is 320 g/mol. The van der Waals surface area contributed by atoms with Crippen LogP contribution in [0.5, 0.6) is 0 Å². The molecule has 138 valence electrons. The van der Waals surface area contributed by atoms with Gasteiger partial charge in [0.15, 0.2) is 13.1 Å². The van der Waals surface area contributed by atoms with Crippen molar-refractivity contribution < 1.29 is 19.3 Å². The Hall–Kier alpha value is -2.41. The number of rotatable bonds is 5. The number of carbonyl (C=O) groups excluding carboxylic acids is 3. The lowest BCUT2D eigenvalue weighted by Crippen LogP contribution is -3.11. The number of hydrogen-bond donors (Lipinski definition) is 4. The zero-order valence-electron chi connectivity index (χ0n) is 15.9. The molecule has 1 unspecified atom stereocenters. The van der Waals surface area contributed by atoms with Crippen molar-refractivity contribution in [3.8, 4) is 0 Å². The van der Waals surface area contributed by atoms with Gasteiger partial charge in [0.25, 0.3) is 11.8 Å². The summed E-state index contributed by atoms with van der Waals surface area (Å²) < 4.78 is 0. The van der Waals surface area contributed by atoms with E-state index >= 15 is 0 Å². The second kappa shape index (κ2) is 8.62. The van der Waals surface area contributed by atoms with Gasteiger partial charge in [-0.2, -0.15) is 0 Å². The van der Waals surface area contributed by atoms with Gasteiger partial charge in [0.2, 0.25) is 0 Å². The molecule has 0 bridgehead atoms. The smallest absolute Gasteiger partial charge is 0.322 e. The number of carbonyl (C=O) groups is 3. The highest BCUT2D eigenvalue weighted by atomic mass is 16.2. The summed E-state index contributed by atoms with van der Waals surface area (Å²) in [7, 11) is 1.73. The van der Waals surface area contributed by atoms with Crippen molar-refractivity contribution in [2.24, 2.45) is 0 Å². The van der Waals surface area contributed by atoms with E-state index in [1.54, 1.807) is 7.05 Å². The Morgan fingerprint density at radius 3 is 2.24 bits per heavy atom. The van der Waals surface area contributed by atoms with Gasteiger partial charge in [0, 0.05) is 11.2 Å². The summed E-state index contributed by atoms with van der Waals surface area (Å²) in [6.45, 7) is 9.51. The molecule has 1 atom stereocenters. The molecule has 0 heterocycles. The fraction of sp³-hybridized carbons (Fsp3) is 0.500. The maximum absolute atomic E-state index is 12.1. The number of hydrogen-bond acceptors (Lipinski definition) is 3. The second-order valence-corrected chi connectivity index (χ2v) is 7.43. The van der Waals surface area contributed by atoms with Crippen molar-refractivity contribution in [1.82, 2.24) is 10.6 Å². The SMILES string of the molecule is Cc1ccc(C)c(NC(=O)C[NH+](C)CC(=O)NC(=O)NC(C)(C)C)c1. The van der Waals surface area contributed by atoms with Gasteiger partial charge in [0.05, 0.1) is 7.05 Å². The highest BCUT2D eigenvalue weighted by Crippen LogP contribution is 2.15. The Labute approximate surface area is 149 Å². The van der Waals surface area contributed by atoms with Crippen molar-refractivity contribution in [2.75, 3.05) is 25.5 Å². The van der Waals surface area contributed by atoms with Crippen LogP contribution in [0.15, 0.2) is 18.2 Å². The van der Waals surface area contributed by atoms with Crippen molar-refractivity contribution in [1.29, 1.82) is 0 Å². The molecule has 0 saturated heterocycles. The van der Waals surface area contributed by atoms with E-state index in [1.807, 2.05) is 52.8 Å². The molecule has 0 radical (unpaired) electrons. The predicted octanol–water partition coefficient (Wildman–Crippen LogP) is 0.381. The minimum atomic E-state index is -0.537. The van der Waals surface area contributed by atoms with E-state index in [2.05, 4.69) is 16.0 Å². The minimum absolute atomic E-state index is 0.0256. The van der Waals surface area contributed by atoms with Crippen molar-refractivity contribution in [3.63, 3.8) is 0 Å². The van der Waals surface area contributed by atoms with Crippen LogP contribution in [0.25, 0.3) is 0 Å². The Morgan fingerprint density at radius 1 is 1.04 bits per heavy atom. The number of benzene rings is 1.